The highest BCUT2D eigenvalue weighted by molar-refractivity contribution is 5.66. The molecule has 0 amide bonds. The number of carbonyl (C=O) groups is 1. The van der Waals surface area contributed by atoms with Gasteiger partial charge in [0.05, 0.1) is 0 Å². The van der Waals surface area contributed by atoms with Gasteiger partial charge in [-0.25, -0.2) is 0 Å². The van der Waals surface area contributed by atoms with E-state index in [1.165, 1.54) is 51.9 Å². The van der Waals surface area contributed by atoms with E-state index < -0.39 is 6.10 Å². The van der Waals surface area contributed by atoms with Crippen molar-refractivity contribution in [1.29, 1.82) is 5.26 Å². The van der Waals surface area contributed by atoms with Gasteiger partial charge >= 0.3 is 5.97 Å². The molecule has 0 aromatic carbocycles. The number of hydrogen-bond acceptors (Lipinski definition) is 3. The van der Waals surface area contributed by atoms with Gasteiger partial charge in [0.1, 0.15) is 6.07 Å². The molecule has 3 heteroatoms. The summed E-state index contributed by atoms with van der Waals surface area (Å²) in [4.78, 5) is 10.7. The van der Waals surface area contributed by atoms with Gasteiger partial charge in [0, 0.05) is 6.92 Å². The molecule has 3 nitrogen and oxygen atoms in total. The summed E-state index contributed by atoms with van der Waals surface area (Å²) in [5.74, 6) is -0.363. The Morgan fingerprint density at radius 2 is 1.56 bits per heavy atom. The van der Waals surface area contributed by atoms with Crippen LogP contribution in [0.5, 0.6) is 0 Å². The first-order chi connectivity index (χ1) is 8.70. The van der Waals surface area contributed by atoms with Crippen molar-refractivity contribution in [3.05, 3.63) is 0 Å². The lowest BCUT2D eigenvalue weighted by molar-refractivity contribution is -0.144. The summed E-state index contributed by atoms with van der Waals surface area (Å²) in [6.07, 6.45) is 11.4. The van der Waals surface area contributed by atoms with E-state index in [-0.39, 0.29) is 5.97 Å². The lowest BCUT2D eigenvalue weighted by Crippen LogP contribution is -2.13. The zero-order valence-electron chi connectivity index (χ0n) is 11.9. The van der Waals surface area contributed by atoms with Gasteiger partial charge in [-0.05, 0) is 12.8 Å². The third-order valence-electron chi connectivity index (χ3n) is 3.02. The summed E-state index contributed by atoms with van der Waals surface area (Å²) in [5.41, 5.74) is 0. The summed E-state index contributed by atoms with van der Waals surface area (Å²) in [6, 6.07) is 2.02. The molecule has 18 heavy (non-hydrogen) atoms. The molecule has 1 unspecified atom stereocenters. The molecule has 0 radical (unpaired) electrons. The van der Waals surface area contributed by atoms with Gasteiger partial charge in [0.25, 0.3) is 0 Å². The summed E-state index contributed by atoms with van der Waals surface area (Å²) in [6.45, 7) is 3.58. The van der Waals surface area contributed by atoms with Crippen molar-refractivity contribution in [2.75, 3.05) is 0 Å². The fourth-order valence-electron chi connectivity index (χ4n) is 1.99. The minimum absolute atomic E-state index is 0.363. The maximum Gasteiger partial charge on any atom is 0.303 e. The number of esters is 1. The monoisotopic (exact) mass is 253 g/mol. The van der Waals surface area contributed by atoms with E-state index in [1.807, 2.05) is 6.07 Å². The first kappa shape index (κ1) is 17.0. The van der Waals surface area contributed by atoms with Crippen LogP contribution in [0.15, 0.2) is 0 Å². The molecule has 0 rings (SSSR count). The molecule has 0 saturated carbocycles. The van der Waals surface area contributed by atoms with Gasteiger partial charge in [0.15, 0.2) is 6.10 Å². The summed E-state index contributed by atoms with van der Waals surface area (Å²) < 4.78 is 4.87. The fraction of sp³-hybridized carbons (Fsp3) is 0.867. The van der Waals surface area contributed by atoms with Crippen molar-refractivity contribution in [2.24, 2.45) is 0 Å². The molecule has 0 bridgehead atoms. The second-order valence-electron chi connectivity index (χ2n) is 4.84. The highest BCUT2D eigenvalue weighted by Gasteiger charge is 2.09. The smallest absolute Gasteiger partial charge is 0.303 e. The minimum atomic E-state index is -0.549. The zero-order chi connectivity index (χ0) is 13.6. The molecule has 0 aromatic heterocycles. The van der Waals surface area contributed by atoms with Gasteiger partial charge in [-0.2, -0.15) is 5.26 Å². The average Bonchev–Trinajstić information content (AvgIpc) is 2.35. The quantitative estimate of drug-likeness (QED) is 0.406. The molecule has 0 spiro atoms. The van der Waals surface area contributed by atoms with Crippen LogP contribution in [0.1, 0.15) is 78.1 Å². The van der Waals surface area contributed by atoms with Crippen molar-refractivity contribution >= 4 is 5.97 Å². The van der Waals surface area contributed by atoms with Gasteiger partial charge in [-0.1, -0.05) is 58.3 Å². The van der Waals surface area contributed by atoms with Crippen LogP contribution in [0.3, 0.4) is 0 Å². The normalized spacial score (nSPS) is 11.8. The molecular weight excluding hydrogens is 226 g/mol. The minimum Gasteiger partial charge on any atom is -0.447 e. The van der Waals surface area contributed by atoms with Crippen molar-refractivity contribution in [2.45, 2.75) is 84.2 Å². The number of nitrogens with zero attached hydrogens (tertiary/aromatic N) is 1. The van der Waals surface area contributed by atoms with E-state index in [0.29, 0.717) is 6.42 Å². The Morgan fingerprint density at radius 3 is 2.00 bits per heavy atom. The number of unbranched alkanes of at least 4 members (excludes halogenated alkanes) is 8. The first-order valence-electron chi connectivity index (χ1n) is 7.27. The van der Waals surface area contributed by atoms with Crippen LogP contribution in [0.2, 0.25) is 0 Å². The third kappa shape index (κ3) is 11.4. The van der Waals surface area contributed by atoms with Crippen molar-refractivity contribution in [1.82, 2.24) is 0 Å². The van der Waals surface area contributed by atoms with E-state index in [1.54, 1.807) is 0 Å². The number of hydrogen-bond donors (Lipinski definition) is 0. The molecule has 0 heterocycles. The van der Waals surface area contributed by atoms with Crippen molar-refractivity contribution in [3.63, 3.8) is 0 Å². The van der Waals surface area contributed by atoms with Crippen molar-refractivity contribution in [3.8, 4) is 6.07 Å². The Morgan fingerprint density at radius 1 is 1.06 bits per heavy atom. The lowest BCUT2D eigenvalue weighted by atomic mass is 10.1. The molecule has 0 aliphatic carbocycles. The second-order valence-corrected chi connectivity index (χ2v) is 4.84. The summed E-state index contributed by atoms with van der Waals surface area (Å²) in [5, 5.41) is 8.77. The Hall–Kier alpha value is -1.04. The van der Waals surface area contributed by atoms with E-state index >= 15 is 0 Å². The van der Waals surface area contributed by atoms with Crippen LogP contribution >= 0.6 is 0 Å². The Balaban J connectivity index is 3.28. The summed E-state index contributed by atoms with van der Waals surface area (Å²) >= 11 is 0. The maximum absolute atomic E-state index is 10.7. The zero-order valence-corrected chi connectivity index (χ0v) is 11.9. The topological polar surface area (TPSA) is 50.1 Å². The molecule has 0 aliphatic heterocycles. The van der Waals surface area contributed by atoms with Crippen LogP contribution in [0.25, 0.3) is 0 Å². The fourth-order valence-corrected chi connectivity index (χ4v) is 1.99. The van der Waals surface area contributed by atoms with Gasteiger partial charge < -0.3 is 4.74 Å². The van der Waals surface area contributed by atoms with Crippen LogP contribution in [-0.2, 0) is 9.53 Å². The van der Waals surface area contributed by atoms with E-state index in [4.69, 9.17) is 10.00 Å². The van der Waals surface area contributed by atoms with Gasteiger partial charge in [-0.3, -0.25) is 4.79 Å². The number of nitriles is 1. The van der Waals surface area contributed by atoms with Crippen LogP contribution in [0.4, 0.5) is 0 Å². The van der Waals surface area contributed by atoms with Crippen LogP contribution < -0.4 is 0 Å². The molecule has 1 atom stereocenters. The predicted octanol–water partition coefficient (Wildman–Crippen LogP) is 4.36. The van der Waals surface area contributed by atoms with Gasteiger partial charge in [0.2, 0.25) is 0 Å². The number of carbonyl (C=O) groups excluding carboxylic acids is 1. The summed E-state index contributed by atoms with van der Waals surface area (Å²) in [7, 11) is 0. The largest absolute Gasteiger partial charge is 0.447 e. The molecule has 0 aromatic rings. The number of ether oxygens (including phenoxy) is 1. The molecule has 0 N–H and O–H groups in total. The Bertz CT molecular complexity index is 245. The Labute approximate surface area is 112 Å². The van der Waals surface area contributed by atoms with E-state index in [0.717, 1.165) is 12.8 Å². The second kappa shape index (κ2) is 12.4. The molecule has 0 saturated heterocycles. The Kier molecular flexibility index (Phi) is 11.7. The average molecular weight is 253 g/mol. The van der Waals surface area contributed by atoms with Gasteiger partial charge in [-0.15, -0.1) is 0 Å². The predicted molar refractivity (Wildman–Crippen MR) is 73.0 cm³/mol. The molecular formula is C15H27NO2. The van der Waals surface area contributed by atoms with Crippen LogP contribution in [-0.4, -0.2) is 12.1 Å². The highest BCUT2D eigenvalue weighted by Crippen LogP contribution is 2.12. The van der Waals surface area contributed by atoms with Crippen LogP contribution in [0, 0.1) is 11.3 Å². The molecule has 0 fully saturated rings. The molecule has 0 aliphatic rings. The van der Waals surface area contributed by atoms with E-state index in [2.05, 4.69) is 6.92 Å². The van der Waals surface area contributed by atoms with Crippen molar-refractivity contribution < 1.29 is 9.53 Å². The third-order valence-corrected chi connectivity index (χ3v) is 3.02. The van der Waals surface area contributed by atoms with E-state index in [9.17, 15) is 4.79 Å². The standard InChI is InChI=1S/C15H27NO2/c1-3-4-5-6-7-8-9-10-11-12-15(13-16)18-14(2)17/h15H,3-12H2,1-2H3. The SMILES string of the molecule is CCCCCCCCCCCC(C#N)OC(C)=O. The first-order valence-corrected chi connectivity index (χ1v) is 7.27. The number of rotatable bonds is 11. The highest BCUT2D eigenvalue weighted by atomic mass is 16.5. The lowest BCUT2D eigenvalue weighted by Gasteiger charge is -2.08. The maximum atomic E-state index is 10.7. The molecule has 104 valence electrons.